The number of hydrogen-bond acceptors (Lipinski definition) is 3. The molecule has 0 spiro atoms. The number of ether oxygens (including phenoxy) is 1. The molecule has 12 heavy (non-hydrogen) atoms. The maximum atomic E-state index is 9.54. The van der Waals surface area contributed by atoms with Gasteiger partial charge in [-0.1, -0.05) is 0 Å². The summed E-state index contributed by atoms with van der Waals surface area (Å²) in [6, 6.07) is 1.76. The molecule has 0 aliphatic rings. The number of aryl methyl sites for hydroxylation is 1. The molecular weight excluding hydrogens is 156 g/mol. The van der Waals surface area contributed by atoms with Crippen molar-refractivity contribution in [1.82, 2.24) is 0 Å². The van der Waals surface area contributed by atoms with Gasteiger partial charge in [0.2, 0.25) is 0 Å². The predicted octanol–water partition coefficient (Wildman–Crippen LogP) is 1.66. The molecule has 1 aromatic heterocycles. The Morgan fingerprint density at radius 2 is 2.42 bits per heavy atom. The van der Waals surface area contributed by atoms with Gasteiger partial charge in [0, 0.05) is 12.2 Å². The van der Waals surface area contributed by atoms with Crippen molar-refractivity contribution in [1.29, 1.82) is 0 Å². The van der Waals surface area contributed by atoms with Crippen molar-refractivity contribution in [2.24, 2.45) is 0 Å². The summed E-state index contributed by atoms with van der Waals surface area (Å²) in [4.78, 5) is 0. The molecule has 1 N–H and O–H groups in total. The van der Waals surface area contributed by atoms with Crippen LogP contribution < -0.4 is 0 Å². The Kier molecular flexibility index (Phi) is 3.31. The molecule has 1 rings (SSSR count). The Hall–Kier alpha value is -0.800. The van der Waals surface area contributed by atoms with Gasteiger partial charge in [-0.3, -0.25) is 0 Å². The van der Waals surface area contributed by atoms with E-state index in [1.807, 2.05) is 13.8 Å². The minimum Gasteiger partial charge on any atom is -0.469 e. The van der Waals surface area contributed by atoms with Gasteiger partial charge >= 0.3 is 0 Å². The lowest BCUT2D eigenvalue weighted by Gasteiger charge is -2.08. The first-order valence-electron chi connectivity index (χ1n) is 4.05. The van der Waals surface area contributed by atoms with Crippen LogP contribution in [0.25, 0.3) is 0 Å². The Morgan fingerprint density at radius 1 is 1.67 bits per heavy atom. The highest BCUT2D eigenvalue weighted by molar-refractivity contribution is 5.18. The molecule has 0 saturated heterocycles. The van der Waals surface area contributed by atoms with E-state index < -0.39 is 6.10 Å². The van der Waals surface area contributed by atoms with E-state index in [-0.39, 0.29) is 0 Å². The molecule has 0 saturated carbocycles. The largest absolute Gasteiger partial charge is 0.469 e. The molecule has 3 heteroatoms. The fraction of sp³-hybridized carbons (Fsp3) is 0.556. The van der Waals surface area contributed by atoms with Crippen LogP contribution in [0.2, 0.25) is 0 Å². The van der Waals surface area contributed by atoms with E-state index in [9.17, 15) is 5.11 Å². The van der Waals surface area contributed by atoms with Crippen LogP contribution in [0.15, 0.2) is 16.7 Å². The van der Waals surface area contributed by atoms with Gasteiger partial charge in [-0.2, -0.15) is 0 Å². The van der Waals surface area contributed by atoms with Crippen LogP contribution in [-0.4, -0.2) is 18.3 Å². The van der Waals surface area contributed by atoms with Gasteiger partial charge in [0.15, 0.2) is 0 Å². The van der Waals surface area contributed by atoms with Crippen LogP contribution in [0.1, 0.15) is 24.4 Å². The van der Waals surface area contributed by atoms with E-state index in [0.29, 0.717) is 13.2 Å². The second-order valence-electron chi connectivity index (χ2n) is 2.61. The van der Waals surface area contributed by atoms with Gasteiger partial charge in [0.1, 0.15) is 11.9 Å². The molecule has 68 valence electrons. The molecule has 0 bridgehead atoms. The zero-order chi connectivity index (χ0) is 8.97. The zero-order valence-corrected chi connectivity index (χ0v) is 7.41. The normalized spacial score (nSPS) is 13.2. The molecule has 0 aliphatic heterocycles. The molecule has 0 aromatic carbocycles. The fourth-order valence-electron chi connectivity index (χ4n) is 1.06. The van der Waals surface area contributed by atoms with E-state index in [4.69, 9.17) is 9.15 Å². The average Bonchev–Trinajstić information content (AvgIpc) is 2.47. The van der Waals surface area contributed by atoms with Crippen molar-refractivity contribution >= 4 is 0 Å². The third-order valence-electron chi connectivity index (χ3n) is 1.74. The molecule has 1 aromatic rings. The molecule has 0 fully saturated rings. The van der Waals surface area contributed by atoms with Gasteiger partial charge in [-0.15, -0.1) is 0 Å². The first kappa shape index (κ1) is 9.29. The van der Waals surface area contributed by atoms with Crippen LogP contribution in [-0.2, 0) is 4.74 Å². The van der Waals surface area contributed by atoms with Crippen LogP contribution in [0.5, 0.6) is 0 Å². The van der Waals surface area contributed by atoms with E-state index in [0.717, 1.165) is 11.3 Å². The molecule has 1 unspecified atom stereocenters. The molecule has 3 nitrogen and oxygen atoms in total. The molecule has 0 amide bonds. The smallest absolute Gasteiger partial charge is 0.106 e. The van der Waals surface area contributed by atoms with E-state index in [1.54, 1.807) is 12.3 Å². The summed E-state index contributed by atoms with van der Waals surface area (Å²) in [5.41, 5.74) is 0.809. The van der Waals surface area contributed by atoms with Gasteiger partial charge in [-0.25, -0.2) is 0 Å². The molecule has 0 aliphatic carbocycles. The Morgan fingerprint density at radius 3 is 2.92 bits per heavy atom. The minimum atomic E-state index is -0.566. The van der Waals surface area contributed by atoms with Crippen molar-refractivity contribution in [2.45, 2.75) is 20.0 Å². The summed E-state index contributed by atoms with van der Waals surface area (Å²) >= 11 is 0. The van der Waals surface area contributed by atoms with Crippen molar-refractivity contribution in [3.63, 3.8) is 0 Å². The average molecular weight is 170 g/mol. The Balaban J connectivity index is 2.52. The van der Waals surface area contributed by atoms with Gasteiger partial charge in [0.05, 0.1) is 12.9 Å². The molecule has 0 radical (unpaired) electrons. The SMILES string of the molecule is CCOCC(O)c1ccoc1C. The lowest BCUT2D eigenvalue weighted by atomic mass is 10.1. The highest BCUT2D eigenvalue weighted by atomic mass is 16.5. The first-order chi connectivity index (χ1) is 5.75. The van der Waals surface area contributed by atoms with E-state index >= 15 is 0 Å². The highest BCUT2D eigenvalue weighted by Gasteiger charge is 2.11. The van der Waals surface area contributed by atoms with E-state index in [1.165, 1.54) is 0 Å². The zero-order valence-electron chi connectivity index (χ0n) is 7.41. The number of furan rings is 1. The number of aliphatic hydroxyl groups is 1. The van der Waals surface area contributed by atoms with Crippen LogP contribution in [0.3, 0.4) is 0 Å². The maximum Gasteiger partial charge on any atom is 0.106 e. The van der Waals surface area contributed by atoms with Crippen LogP contribution >= 0.6 is 0 Å². The molecule has 1 atom stereocenters. The molecular formula is C9H14O3. The monoisotopic (exact) mass is 170 g/mol. The van der Waals surface area contributed by atoms with Gasteiger partial charge in [-0.05, 0) is 19.9 Å². The van der Waals surface area contributed by atoms with Crippen molar-refractivity contribution in [2.75, 3.05) is 13.2 Å². The lowest BCUT2D eigenvalue weighted by molar-refractivity contribution is 0.0413. The number of aliphatic hydroxyl groups excluding tert-OH is 1. The first-order valence-corrected chi connectivity index (χ1v) is 4.05. The second-order valence-corrected chi connectivity index (χ2v) is 2.61. The number of hydrogen-bond donors (Lipinski definition) is 1. The summed E-state index contributed by atoms with van der Waals surface area (Å²) in [6.45, 7) is 4.67. The Bertz CT molecular complexity index is 229. The van der Waals surface area contributed by atoms with Crippen LogP contribution in [0, 0.1) is 6.92 Å². The summed E-state index contributed by atoms with van der Waals surface area (Å²) in [5.74, 6) is 0.752. The molecule has 1 heterocycles. The highest BCUT2D eigenvalue weighted by Crippen LogP contribution is 2.18. The minimum absolute atomic E-state index is 0.330. The number of rotatable bonds is 4. The summed E-state index contributed by atoms with van der Waals surface area (Å²) in [7, 11) is 0. The summed E-state index contributed by atoms with van der Waals surface area (Å²) in [5, 5.41) is 9.54. The lowest BCUT2D eigenvalue weighted by Crippen LogP contribution is -2.06. The van der Waals surface area contributed by atoms with E-state index in [2.05, 4.69) is 0 Å². The third-order valence-corrected chi connectivity index (χ3v) is 1.74. The standard InChI is InChI=1S/C9H14O3/c1-3-11-6-9(10)8-4-5-12-7(8)2/h4-5,9-10H,3,6H2,1-2H3. The van der Waals surface area contributed by atoms with Crippen molar-refractivity contribution in [3.05, 3.63) is 23.7 Å². The second kappa shape index (κ2) is 4.28. The summed E-state index contributed by atoms with van der Waals surface area (Å²) in [6.07, 6.45) is 1.00. The van der Waals surface area contributed by atoms with Crippen molar-refractivity contribution < 1.29 is 14.3 Å². The Labute approximate surface area is 72.0 Å². The predicted molar refractivity (Wildman–Crippen MR) is 44.9 cm³/mol. The maximum absolute atomic E-state index is 9.54. The van der Waals surface area contributed by atoms with Crippen LogP contribution in [0.4, 0.5) is 0 Å². The summed E-state index contributed by atoms with van der Waals surface area (Å²) < 4.78 is 10.1. The quantitative estimate of drug-likeness (QED) is 0.747. The van der Waals surface area contributed by atoms with Crippen molar-refractivity contribution in [3.8, 4) is 0 Å². The fourth-order valence-corrected chi connectivity index (χ4v) is 1.06. The van der Waals surface area contributed by atoms with Gasteiger partial charge in [0.25, 0.3) is 0 Å². The van der Waals surface area contributed by atoms with Gasteiger partial charge < -0.3 is 14.3 Å². The third kappa shape index (κ3) is 2.09. The topological polar surface area (TPSA) is 42.6 Å².